The molecule has 312 valence electrons. The molecule has 16 nitrogen and oxygen atoms in total. The quantitative estimate of drug-likeness (QED) is 0.0293. The fourth-order valence-corrected chi connectivity index (χ4v) is 11.7. The molecule has 0 amide bonds. The first-order valence-electron chi connectivity index (χ1n) is 20.9. The summed E-state index contributed by atoms with van der Waals surface area (Å²) in [5.41, 5.74) is 26.5. The summed E-state index contributed by atoms with van der Waals surface area (Å²) in [6.07, 6.45) is 14.9. The molecule has 1 unspecified atom stereocenters. The lowest BCUT2D eigenvalue weighted by molar-refractivity contribution is -0.227. The number of nitrogens with one attached hydrogen (secondary N) is 1. The Bertz CT molecular complexity index is 1440. The summed E-state index contributed by atoms with van der Waals surface area (Å²) < 4.78 is 47.5. The molecule has 55 heavy (non-hydrogen) atoms. The molecule has 4 fully saturated rings. The van der Waals surface area contributed by atoms with Gasteiger partial charge in [0.2, 0.25) is 0 Å². The summed E-state index contributed by atoms with van der Waals surface area (Å²) in [4.78, 5) is 8.77. The molecule has 4 aliphatic rings. The summed E-state index contributed by atoms with van der Waals surface area (Å²) in [5.74, 6) is 2.81. The van der Waals surface area contributed by atoms with Crippen molar-refractivity contribution in [2.24, 2.45) is 61.7 Å². The molecule has 0 saturated heterocycles. The first kappa shape index (κ1) is 45.4. The number of azide groups is 3. The highest BCUT2D eigenvalue weighted by atomic mass is 32.2. The summed E-state index contributed by atoms with van der Waals surface area (Å²) in [7, 11) is -3.39. The van der Waals surface area contributed by atoms with E-state index in [1.165, 1.54) is 6.42 Å². The van der Waals surface area contributed by atoms with Crippen molar-refractivity contribution in [2.75, 3.05) is 65.4 Å². The minimum Gasteiger partial charge on any atom is -0.378 e. The SMILES string of the molecule is C[C@H](CCCNCCCCOS(C)(=O)=O)C1CC[C@H]2[C@@H]3[C@H](OCCCN=[N+]=[N-])C[C@@H]4C[C@H](OCCCN=[N+]=[N-])CC[C@]4(C)[C@H]3C[C@H](OCCCN=[N+]=[N-])[C@]12C. The fraction of sp³-hybridized carbons (Fsp3) is 1.00. The zero-order valence-corrected chi connectivity index (χ0v) is 34.7. The summed E-state index contributed by atoms with van der Waals surface area (Å²) in [5, 5.41) is 14.8. The Morgan fingerprint density at radius 1 is 0.764 bits per heavy atom. The standard InChI is InChI=1S/C38H68N10O6S/c1-28(11-7-17-42-16-5-6-24-54-55(4,49)50)31-12-13-32-36-33(27-35(38(31,32)3)53-23-10-20-45-48-41)37(2)15-14-30(51-21-8-18-43-46-39)25-29(37)26-34(36)52-22-9-19-44-47-40/h28-36,42H,5-27H2,1-4H3/t28-,29+,30-,31?,32+,33+,34-,35+,36+,37+,38-/m1/s1. The predicted octanol–water partition coefficient (Wildman–Crippen LogP) is 8.88. The average molecular weight is 793 g/mol. The van der Waals surface area contributed by atoms with Crippen LogP contribution in [-0.4, -0.2) is 92.1 Å². The molecule has 0 aromatic rings. The van der Waals surface area contributed by atoms with Crippen LogP contribution in [0.25, 0.3) is 31.3 Å². The van der Waals surface area contributed by atoms with Gasteiger partial charge in [0, 0.05) is 59.6 Å². The van der Waals surface area contributed by atoms with E-state index in [0.29, 0.717) is 94.2 Å². The zero-order valence-electron chi connectivity index (χ0n) is 33.8. The van der Waals surface area contributed by atoms with E-state index < -0.39 is 10.1 Å². The van der Waals surface area contributed by atoms with Crippen LogP contribution in [0.1, 0.15) is 111 Å². The largest absolute Gasteiger partial charge is 0.378 e. The molecule has 0 aromatic heterocycles. The van der Waals surface area contributed by atoms with Gasteiger partial charge in [-0.25, -0.2) is 0 Å². The minimum absolute atomic E-state index is 0.0196. The molecule has 0 radical (unpaired) electrons. The van der Waals surface area contributed by atoms with Gasteiger partial charge in [-0.1, -0.05) is 36.1 Å². The van der Waals surface area contributed by atoms with Gasteiger partial charge in [-0.15, -0.1) is 0 Å². The highest BCUT2D eigenvalue weighted by Crippen LogP contribution is 2.69. The molecule has 0 aromatic carbocycles. The molecule has 0 spiro atoms. The fourth-order valence-electron chi connectivity index (χ4n) is 11.3. The third kappa shape index (κ3) is 12.6. The van der Waals surface area contributed by atoms with Crippen LogP contribution in [0, 0.1) is 46.3 Å². The van der Waals surface area contributed by atoms with E-state index in [1.54, 1.807) is 0 Å². The molecule has 17 heteroatoms. The maximum atomic E-state index is 11.2. The second-order valence-corrected chi connectivity index (χ2v) is 18.7. The van der Waals surface area contributed by atoms with E-state index >= 15 is 0 Å². The van der Waals surface area contributed by atoms with Gasteiger partial charge in [0.05, 0.1) is 31.2 Å². The van der Waals surface area contributed by atoms with Crippen molar-refractivity contribution < 1.29 is 26.8 Å². The number of rotatable bonds is 26. The Hall–Kier alpha value is -2.32. The molecule has 0 heterocycles. The number of unbranched alkanes of at least 4 members (excludes halogenated alkanes) is 1. The first-order valence-corrected chi connectivity index (χ1v) is 22.7. The number of fused-ring (bicyclic) bond motifs is 5. The van der Waals surface area contributed by atoms with Gasteiger partial charge < -0.3 is 19.5 Å². The van der Waals surface area contributed by atoms with Crippen LogP contribution >= 0.6 is 0 Å². The van der Waals surface area contributed by atoms with Crippen molar-refractivity contribution in [1.82, 2.24) is 5.32 Å². The van der Waals surface area contributed by atoms with Crippen LogP contribution in [0.15, 0.2) is 15.3 Å². The number of nitrogens with zero attached hydrogens (tertiary/aromatic N) is 9. The summed E-state index contributed by atoms with van der Waals surface area (Å²) >= 11 is 0. The van der Waals surface area contributed by atoms with Gasteiger partial charge in [-0.3, -0.25) is 4.18 Å². The van der Waals surface area contributed by atoms with E-state index in [9.17, 15) is 8.42 Å². The van der Waals surface area contributed by atoms with Gasteiger partial charge in [-0.2, -0.15) is 8.42 Å². The highest BCUT2D eigenvalue weighted by molar-refractivity contribution is 7.85. The van der Waals surface area contributed by atoms with Crippen LogP contribution in [0.2, 0.25) is 0 Å². The van der Waals surface area contributed by atoms with Crippen molar-refractivity contribution in [3.63, 3.8) is 0 Å². The molecule has 0 bridgehead atoms. The second kappa shape index (κ2) is 22.6. The van der Waals surface area contributed by atoms with Crippen LogP contribution in [-0.2, 0) is 28.5 Å². The van der Waals surface area contributed by atoms with E-state index in [-0.39, 0.29) is 35.7 Å². The van der Waals surface area contributed by atoms with Crippen LogP contribution in [0.5, 0.6) is 0 Å². The van der Waals surface area contributed by atoms with Gasteiger partial charge in [0.25, 0.3) is 10.1 Å². The number of ether oxygens (including phenoxy) is 3. The average Bonchev–Trinajstić information content (AvgIpc) is 3.51. The van der Waals surface area contributed by atoms with Gasteiger partial charge in [0.15, 0.2) is 0 Å². The Balaban J connectivity index is 1.49. The normalized spacial score (nSPS) is 33.2. The molecule has 0 aliphatic heterocycles. The van der Waals surface area contributed by atoms with Crippen molar-refractivity contribution >= 4 is 10.1 Å². The molecule has 4 rings (SSSR count). The molecule has 11 atom stereocenters. The monoisotopic (exact) mass is 793 g/mol. The topological polar surface area (TPSA) is 229 Å². The summed E-state index contributed by atoms with van der Waals surface area (Å²) in [6, 6.07) is 0. The Morgan fingerprint density at radius 2 is 1.40 bits per heavy atom. The van der Waals surface area contributed by atoms with E-state index in [1.807, 2.05) is 0 Å². The van der Waals surface area contributed by atoms with Crippen LogP contribution < -0.4 is 5.32 Å². The lowest BCUT2D eigenvalue weighted by atomic mass is 9.43. The predicted molar refractivity (Wildman–Crippen MR) is 212 cm³/mol. The van der Waals surface area contributed by atoms with Gasteiger partial charge in [0.1, 0.15) is 0 Å². The van der Waals surface area contributed by atoms with Crippen molar-refractivity contribution in [1.29, 1.82) is 0 Å². The highest BCUT2D eigenvalue weighted by Gasteiger charge is 2.66. The lowest BCUT2D eigenvalue weighted by Gasteiger charge is -2.65. The Kier molecular flexibility index (Phi) is 18.6. The maximum absolute atomic E-state index is 11.2. The maximum Gasteiger partial charge on any atom is 0.264 e. The van der Waals surface area contributed by atoms with Crippen molar-refractivity contribution in [3.05, 3.63) is 31.3 Å². The molecular weight excluding hydrogens is 725 g/mol. The Morgan fingerprint density at radius 3 is 2.05 bits per heavy atom. The van der Waals surface area contributed by atoms with Gasteiger partial charge in [-0.05, 0) is 160 Å². The summed E-state index contributed by atoms with van der Waals surface area (Å²) in [6.45, 7) is 12.6. The van der Waals surface area contributed by atoms with Crippen molar-refractivity contribution in [3.8, 4) is 0 Å². The lowest BCUT2D eigenvalue weighted by Crippen LogP contribution is -2.63. The third-order valence-electron chi connectivity index (χ3n) is 13.9. The van der Waals surface area contributed by atoms with E-state index in [0.717, 1.165) is 83.6 Å². The number of hydrogen-bond acceptors (Lipinski definition) is 10. The molecule has 1 N–H and O–H groups in total. The van der Waals surface area contributed by atoms with Crippen LogP contribution in [0.3, 0.4) is 0 Å². The first-order chi connectivity index (χ1) is 26.5. The van der Waals surface area contributed by atoms with Gasteiger partial charge >= 0.3 is 0 Å². The number of hydrogen-bond donors (Lipinski definition) is 1. The Labute approximate surface area is 328 Å². The molecule has 4 aliphatic carbocycles. The van der Waals surface area contributed by atoms with Crippen LogP contribution in [0.4, 0.5) is 0 Å². The zero-order chi connectivity index (χ0) is 39.7. The van der Waals surface area contributed by atoms with Crippen molar-refractivity contribution in [2.45, 2.75) is 129 Å². The molecule has 4 saturated carbocycles. The van der Waals surface area contributed by atoms with E-state index in [2.05, 4.69) is 56.2 Å². The van der Waals surface area contributed by atoms with E-state index in [4.69, 9.17) is 35.0 Å². The smallest absolute Gasteiger partial charge is 0.264 e. The molecular formula is C38H68N10O6S. The second-order valence-electron chi connectivity index (χ2n) is 17.1. The third-order valence-corrected chi connectivity index (χ3v) is 14.5. The minimum atomic E-state index is -3.39.